The third kappa shape index (κ3) is 16.1. The average Bonchev–Trinajstić information content (AvgIpc) is 2.55. The molecule has 2 N–H and O–H groups in total. The van der Waals surface area contributed by atoms with Crippen LogP contribution in [0.1, 0.15) is 91.9 Å². The average molecular weight is 379 g/mol. The molecule has 0 unspecified atom stereocenters. The van der Waals surface area contributed by atoms with Gasteiger partial charge in [0.2, 0.25) is 0 Å². The second kappa shape index (κ2) is 18.3. The van der Waals surface area contributed by atoms with Crippen LogP contribution < -0.4 is 40.0 Å². The molecule has 0 fully saturated rings. The first-order valence-corrected chi connectivity index (χ1v) is 10.1. The maximum absolute atomic E-state index is 12.0. The summed E-state index contributed by atoms with van der Waals surface area (Å²) >= 11 is 0. The van der Waals surface area contributed by atoms with Gasteiger partial charge in [0.25, 0.3) is 0 Å². The quantitative estimate of drug-likeness (QED) is 0.180. The fourth-order valence-corrected chi connectivity index (χ4v) is 2.76. The van der Waals surface area contributed by atoms with Crippen LogP contribution in [-0.2, 0) is 4.79 Å². The van der Waals surface area contributed by atoms with Crippen LogP contribution in [0.15, 0.2) is 4.99 Å². The molecule has 148 valence electrons. The number of nitrogens with one attached hydrogen (secondary N) is 1. The van der Waals surface area contributed by atoms with Gasteiger partial charge in [0.15, 0.2) is 0 Å². The van der Waals surface area contributed by atoms with Crippen LogP contribution in [-0.4, -0.2) is 35.6 Å². The summed E-state index contributed by atoms with van der Waals surface area (Å²) in [6.07, 6.45) is 11.8. The summed E-state index contributed by atoms with van der Waals surface area (Å²) < 4.78 is 0. The Morgan fingerprint density at radius 3 is 1.96 bits per heavy atom. The second-order valence-electron chi connectivity index (χ2n) is 7.46. The molecule has 2 atom stereocenters. The molecule has 0 aromatic heterocycles. The van der Waals surface area contributed by atoms with Crippen molar-refractivity contribution in [3.8, 4) is 0 Å². The Morgan fingerprint density at radius 1 is 1.00 bits per heavy atom. The molecule has 0 radical (unpaired) electrons. The molecular formula is C20H39N2NaO3. The maximum atomic E-state index is 12.0. The van der Waals surface area contributed by atoms with Gasteiger partial charge < -0.3 is 15.5 Å². The van der Waals surface area contributed by atoms with Crippen LogP contribution in [0, 0.1) is 5.92 Å². The molecule has 0 rings (SSSR count). The predicted molar refractivity (Wildman–Crippen MR) is 103 cm³/mol. The van der Waals surface area contributed by atoms with Gasteiger partial charge in [-0.15, -0.1) is 0 Å². The minimum atomic E-state index is -1.02. The first-order valence-electron chi connectivity index (χ1n) is 10.1. The SMILES string of the molecule is CCCCCCCCCCCN[C@@H](C)C([O-])=N[C@@H](CC(C)C)C(=O)O.[Na+]. The van der Waals surface area contributed by atoms with Gasteiger partial charge in [-0.05, 0) is 38.1 Å². The number of aliphatic imine (C=N–C) groups is 1. The van der Waals surface area contributed by atoms with Gasteiger partial charge in [-0.1, -0.05) is 72.1 Å². The van der Waals surface area contributed by atoms with Crippen molar-refractivity contribution in [3.63, 3.8) is 0 Å². The van der Waals surface area contributed by atoms with Crippen LogP contribution >= 0.6 is 0 Å². The number of unbranched alkanes of at least 4 members (excludes halogenated alkanes) is 8. The van der Waals surface area contributed by atoms with E-state index in [9.17, 15) is 9.90 Å². The fourth-order valence-electron chi connectivity index (χ4n) is 2.76. The van der Waals surface area contributed by atoms with E-state index in [4.69, 9.17) is 5.11 Å². The van der Waals surface area contributed by atoms with Gasteiger partial charge in [0, 0.05) is 6.04 Å². The number of carboxylic acid groups (broad SMARTS) is 1. The van der Waals surface area contributed by atoms with Crippen molar-refractivity contribution in [1.82, 2.24) is 5.32 Å². The number of hydrogen-bond donors (Lipinski definition) is 2. The van der Waals surface area contributed by atoms with Gasteiger partial charge in [-0.3, -0.25) is 4.99 Å². The Labute approximate surface area is 182 Å². The first-order chi connectivity index (χ1) is 11.9. The molecule has 0 heterocycles. The first kappa shape index (κ1) is 28.1. The zero-order chi connectivity index (χ0) is 19.1. The van der Waals surface area contributed by atoms with Gasteiger partial charge in [0.05, 0.1) is 0 Å². The summed E-state index contributed by atoms with van der Waals surface area (Å²) in [6, 6.07) is -1.34. The molecule has 0 aromatic rings. The van der Waals surface area contributed by atoms with Crippen LogP contribution in [0.2, 0.25) is 0 Å². The minimum absolute atomic E-state index is 0. The number of aliphatic carboxylic acids is 1. The van der Waals surface area contributed by atoms with E-state index >= 15 is 0 Å². The monoisotopic (exact) mass is 378 g/mol. The van der Waals surface area contributed by atoms with Crippen molar-refractivity contribution in [2.24, 2.45) is 10.9 Å². The molecule has 0 spiro atoms. The summed E-state index contributed by atoms with van der Waals surface area (Å²) in [5, 5.41) is 24.4. The zero-order valence-corrected chi connectivity index (χ0v) is 19.7. The molecule has 0 aliphatic heterocycles. The smallest absolute Gasteiger partial charge is 0.861 e. The van der Waals surface area contributed by atoms with Crippen LogP contribution in [0.25, 0.3) is 0 Å². The minimum Gasteiger partial charge on any atom is -0.861 e. The molecule has 0 saturated carbocycles. The number of carboxylic acids is 1. The zero-order valence-electron chi connectivity index (χ0n) is 17.7. The summed E-state index contributed by atoms with van der Waals surface area (Å²) in [5.74, 6) is -1.18. The number of carbonyl (C=O) groups is 1. The number of nitrogens with zero attached hydrogens (tertiary/aromatic N) is 1. The van der Waals surface area contributed by atoms with Crippen LogP contribution in [0.5, 0.6) is 0 Å². The second-order valence-corrected chi connectivity index (χ2v) is 7.46. The van der Waals surface area contributed by atoms with Crippen molar-refractivity contribution in [2.75, 3.05) is 6.54 Å². The number of rotatable bonds is 16. The van der Waals surface area contributed by atoms with Crippen LogP contribution in [0.3, 0.4) is 0 Å². The molecule has 6 heteroatoms. The maximum Gasteiger partial charge on any atom is 1.00 e. The molecule has 0 aromatic carbocycles. The van der Waals surface area contributed by atoms with Gasteiger partial charge in [-0.2, -0.15) is 0 Å². The van der Waals surface area contributed by atoms with Crippen molar-refractivity contribution in [2.45, 2.75) is 104 Å². The van der Waals surface area contributed by atoms with Crippen molar-refractivity contribution in [3.05, 3.63) is 0 Å². The topological polar surface area (TPSA) is 84.8 Å². The van der Waals surface area contributed by atoms with E-state index in [0.717, 1.165) is 13.0 Å². The number of hydrogen-bond acceptors (Lipinski definition) is 4. The summed E-state index contributed by atoms with van der Waals surface area (Å²) in [7, 11) is 0. The molecule has 26 heavy (non-hydrogen) atoms. The van der Waals surface area contributed by atoms with Crippen molar-refractivity contribution < 1.29 is 44.6 Å². The Hall–Kier alpha value is -0.100. The predicted octanol–water partition coefficient (Wildman–Crippen LogP) is 0.757. The molecule has 0 bridgehead atoms. The van der Waals surface area contributed by atoms with E-state index < -0.39 is 18.1 Å². The summed E-state index contributed by atoms with van der Waals surface area (Å²) in [4.78, 5) is 15.0. The molecule has 0 saturated heterocycles. The standard InChI is InChI=1S/C20H40N2O3.Na/c1-5-6-7-8-9-10-11-12-13-14-21-17(4)19(23)22-18(20(24)25)15-16(2)3;/h16-18,21H,5-15H2,1-4H3,(H,22,23)(H,24,25);/q;+1/p-1/t17-,18-;/m0./s1. The Bertz CT molecular complexity index is 376. The van der Waals surface area contributed by atoms with Gasteiger partial charge >= 0.3 is 35.5 Å². The van der Waals surface area contributed by atoms with E-state index in [-0.39, 0.29) is 41.4 Å². The summed E-state index contributed by atoms with van der Waals surface area (Å²) in [5.41, 5.74) is 0. The third-order valence-corrected chi connectivity index (χ3v) is 4.36. The van der Waals surface area contributed by atoms with E-state index in [0.29, 0.717) is 6.42 Å². The third-order valence-electron chi connectivity index (χ3n) is 4.36. The van der Waals surface area contributed by atoms with Gasteiger partial charge in [-0.25, -0.2) is 4.79 Å². The molecule has 0 amide bonds. The van der Waals surface area contributed by atoms with Crippen molar-refractivity contribution in [1.29, 1.82) is 0 Å². The van der Waals surface area contributed by atoms with Crippen molar-refractivity contribution >= 4 is 11.9 Å². The molecule has 5 nitrogen and oxygen atoms in total. The van der Waals surface area contributed by atoms with E-state index in [1.54, 1.807) is 6.92 Å². The van der Waals surface area contributed by atoms with Gasteiger partial charge in [0.1, 0.15) is 6.04 Å². The van der Waals surface area contributed by atoms with E-state index in [1.807, 2.05) is 13.8 Å². The normalized spacial score (nSPS) is 14.1. The van der Waals surface area contributed by atoms with E-state index in [1.165, 1.54) is 51.4 Å². The summed E-state index contributed by atoms with van der Waals surface area (Å²) in [6.45, 7) is 8.63. The Balaban J connectivity index is 0. The van der Waals surface area contributed by atoms with Crippen LogP contribution in [0.4, 0.5) is 0 Å². The Kier molecular flexibility index (Phi) is 19.8. The Morgan fingerprint density at radius 2 is 1.50 bits per heavy atom. The molecular weight excluding hydrogens is 339 g/mol. The van der Waals surface area contributed by atoms with E-state index in [2.05, 4.69) is 17.2 Å². The molecule has 0 aliphatic rings. The molecule has 0 aliphatic carbocycles. The largest absolute Gasteiger partial charge is 1.00 e. The fraction of sp³-hybridized carbons (Fsp3) is 0.900.